The number of piperazine rings is 1. The molecule has 1 aliphatic heterocycles. The highest BCUT2D eigenvalue weighted by Crippen LogP contribution is 2.25. The van der Waals surface area contributed by atoms with E-state index in [1.54, 1.807) is 25.1 Å². The molecular weight excluding hydrogens is 325 g/mol. The summed E-state index contributed by atoms with van der Waals surface area (Å²) in [5.41, 5.74) is 0.521. The van der Waals surface area contributed by atoms with Gasteiger partial charge in [-0.2, -0.15) is 0 Å². The van der Waals surface area contributed by atoms with Crippen molar-refractivity contribution in [1.29, 1.82) is 0 Å². The number of carbonyl (C=O) groups excluding carboxylic acids is 2. The Balaban J connectivity index is 1.95. The van der Waals surface area contributed by atoms with Crippen molar-refractivity contribution in [1.82, 2.24) is 4.90 Å². The standard InChI is InChI=1S/C15H19Cl2N3O2/c1-10(19-5-7-20(8-6-19)11(2)21)15(22)18-14-9-12(16)3-4-13(14)17/h3-4,9-10H,5-8H2,1-2H3,(H,18,22)/p+1/t10-/m1/s1. The molecule has 1 aromatic carbocycles. The maximum atomic E-state index is 12.4. The summed E-state index contributed by atoms with van der Waals surface area (Å²) in [6, 6.07) is 4.75. The first-order valence-electron chi connectivity index (χ1n) is 7.24. The number of hydrogen-bond donors (Lipinski definition) is 2. The number of halogens is 2. The van der Waals surface area contributed by atoms with Gasteiger partial charge >= 0.3 is 0 Å². The van der Waals surface area contributed by atoms with Gasteiger partial charge in [0.05, 0.1) is 36.9 Å². The van der Waals surface area contributed by atoms with Crippen molar-refractivity contribution in [3.63, 3.8) is 0 Å². The Bertz CT molecular complexity index is 572. The van der Waals surface area contributed by atoms with Gasteiger partial charge in [0.25, 0.3) is 5.91 Å². The van der Waals surface area contributed by atoms with Crippen molar-refractivity contribution in [3.8, 4) is 0 Å². The Kier molecular flexibility index (Phi) is 5.67. The fourth-order valence-corrected chi connectivity index (χ4v) is 2.90. The lowest BCUT2D eigenvalue weighted by Gasteiger charge is -2.34. The number of nitrogens with zero attached hydrogens (tertiary/aromatic N) is 1. The van der Waals surface area contributed by atoms with Crippen LogP contribution in [0.4, 0.5) is 5.69 Å². The Morgan fingerprint density at radius 2 is 1.91 bits per heavy atom. The van der Waals surface area contributed by atoms with Crippen molar-refractivity contribution in [2.75, 3.05) is 31.5 Å². The summed E-state index contributed by atoms with van der Waals surface area (Å²) < 4.78 is 0. The van der Waals surface area contributed by atoms with Gasteiger partial charge < -0.3 is 15.1 Å². The van der Waals surface area contributed by atoms with Crippen molar-refractivity contribution in [2.24, 2.45) is 0 Å². The molecule has 0 aliphatic carbocycles. The minimum absolute atomic E-state index is 0.0851. The smallest absolute Gasteiger partial charge is 0.282 e. The monoisotopic (exact) mass is 344 g/mol. The van der Waals surface area contributed by atoms with Crippen LogP contribution in [0.15, 0.2) is 18.2 Å². The molecule has 120 valence electrons. The summed E-state index contributed by atoms with van der Waals surface area (Å²) in [5.74, 6) is -0.0164. The molecule has 0 spiro atoms. The fourth-order valence-electron chi connectivity index (χ4n) is 2.56. The number of amides is 2. The zero-order chi connectivity index (χ0) is 16.3. The van der Waals surface area contributed by atoms with Gasteiger partial charge in [-0.15, -0.1) is 0 Å². The molecular formula is C15H20Cl2N3O2+. The van der Waals surface area contributed by atoms with Crippen LogP contribution in [-0.4, -0.2) is 48.9 Å². The Labute approximate surface area is 140 Å². The average Bonchev–Trinajstić information content (AvgIpc) is 2.50. The van der Waals surface area contributed by atoms with Gasteiger partial charge in [0, 0.05) is 11.9 Å². The average molecular weight is 345 g/mol. The molecule has 1 heterocycles. The maximum Gasteiger partial charge on any atom is 0.282 e. The first-order chi connectivity index (χ1) is 10.4. The highest BCUT2D eigenvalue weighted by molar-refractivity contribution is 6.35. The number of rotatable bonds is 3. The fraction of sp³-hybridized carbons (Fsp3) is 0.467. The molecule has 1 saturated heterocycles. The number of hydrogen-bond acceptors (Lipinski definition) is 2. The van der Waals surface area contributed by atoms with Crippen molar-refractivity contribution < 1.29 is 14.5 Å². The third kappa shape index (κ3) is 4.12. The highest BCUT2D eigenvalue weighted by Gasteiger charge is 2.30. The SMILES string of the molecule is CC(=O)N1CC[NH+]([C@H](C)C(=O)Nc2cc(Cl)ccc2Cl)CC1. The van der Waals surface area contributed by atoms with Crippen molar-refractivity contribution >= 4 is 40.7 Å². The molecule has 0 aromatic heterocycles. The topological polar surface area (TPSA) is 53.9 Å². The van der Waals surface area contributed by atoms with E-state index in [4.69, 9.17) is 23.2 Å². The van der Waals surface area contributed by atoms with Gasteiger partial charge in [0.2, 0.25) is 5.91 Å². The van der Waals surface area contributed by atoms with Crippen LogP contribution in [0.2, 0.25) is 10.0 Å². The molecule has 2 N–H and O–H groups in total. The van der Waals surface area contributed by atoms with Gasteiger partial charge in [0.1, 0.15) is 0 Å². The molecule has 0 radical (unpaired) electrons. The van der Waals surface area contributed by atoms with Crippen LogP contribution in [0.1, 0.15) is 13.8 Å². The lowest BCUT2D eigenvalue weighted by molar-refractivity contribution is -0.917. The third-order valence-corrected chi connectivity index (χ3v) is 4.61. The lowest BCUT2D eigenvalue weighted by atomic mass is 10.2. The molecule has 0 saturated carbocycles. The van der Waals surface area contributed by atoms with E-state index in [2.05, 4.69) is 5.32 Å². The van der Waals surface area contributed by atoms with E-state index in [0.29, 0.717) is 28.8 Å². The predicted molar refractivity (Wildman–Crippen MR) is 87.5 cm³/mol. The first-order valence-corrected chi connectivity index (χ1v) is 8.00. The Hall–Kier alpha value is -1.30. The molecule has 0 unspecified atom stereocenters. The minimum Gasteiger partial charge on any atom is -0.332 e. The Morgan fingerprint density at radius 3 is 2.50 bits per heavy atom. The molecule has 22 heavy (non-hydrogen) atoms. The highest BCUT2D eigenvalue weighted by atomic mass is 35.5. The second-order valence-electron chi connectivity index (χ2n) is 5.50. The maximum absolute atomic E-state index is 12.4. The molecule has 1 aromatic rings. The largest absolute Gasteiger partial charge is 0.332 e. The number of anilines is 1. The number of quaternary nitrogens is 1. The van der Waals surface area contributed by atoms with Crippen molar-refractivity contribution in [2.45, 2.75) is 19.9 Å². The van der Waals surface area contributed by atoms with E-state index in [1.165, 1.54) is 0 Å². The number of carbonyl (C=O) groups is 2. The summed E-state index contributed by atoms with van der Waals surface area (Å²) >= 11 is 12.0. The van der Waals surface area contributed by atoms with Crippen molar-refractivity contribution in [3.05, 3.63) is 28.2 Å². The molecule has 1 aliphatic rings. The zero-order valence-corrected chi connectivity index (χ0v) is 14.2. The summed E-state index contributed by atoms with van der Waals surface area (Å²) in [6.45, 7) is 6.34. The van der Waals surface area contributed by atoms with Crippen LogP contribution < -0.4 is 10.2 Å². The van der Waals surface area contributed by atoms with E-state index in [1.807, 2.05) is 11.8 Å². The van der Waals surface area contributed by atoms with Crippen LogP contribution in [-0.2, 0) is 9.59 Å². The summed E-state index contributed by atoms with van der Waals surface area (Å²) in [7, 11) is 0. The van der Waals surface area contributed by atoms with Gasteiger partial charge in [-0.25, -0.2) is 0 Å². The second-order valence-corrected chi connectivity index (χ2v) is 6.34. The van der Waals surface area contributed by atoms with Crippen LogP contribution >= 0.6 is 23.2 Å². The molecule has 1 fully saturated rings. The van der Waals surface area contributed by atoms with E-state index in [0.717, 1.165) is 18.0 Å². The van der Waals surface area contributed by atoms with E-state index in [9.17, 15) is 9.59 Å². The first kappa shape index (κ1) is 17.1. The van der Waals surface area contributed by atoms with Crippen LogP contribution in [0.3, 0.4) is 0 Å². The zero-order valence-electron chi connectivity index (χ0n) is 12.7. The summed E-state index contributed by atoms with van der Waals surface area (Å²) in [6.07, 6.45) is 0. The molecule has 2 amide bonds. The molecule has 7 heteroatoms. The molecule has 2 rings (SSSR count). The van der Waals surface area contributed by atoms with Crippen LogP contribution in [0.25, 0.3) is 0 Å². The molecule has 0 bridgehead atoms. The third-order valence-electron chi connectivity index (χ3n) is 4.04. The predicted octanol–water partition coefficient (Wildman–Crippen LogP) is 1.07. The molecule has 1 atom stereocenters. The quantitative estimate of drug-likeness (QED) is 0.861. The van der Waals surface area contributed by atoms with Gasteiger partial charge in [-0.1, -0.05) is 23.2 Å². The number of nitrogens with one attached hydrogen (secondary N) is 2. The number of benzene rings is 1. The molecule has 5 nitrogen and oxygen atoms in total. The Morgan fingerprint density at radius 1 is 1.27 bits per heavy atom. The second kappa shape index (κ2) is 7.31. The van der Waals surface area contributed by atoms with E-state index >= 15 is 0 Å². The van der Waals surface area contributed by atoms with E-state index in [-0.39, 0.29) is 17.9 Å². The van der Waals surface area contributed by atoms with Crippen LogP contribution in [0.5, 0.6) is 0 Å². The van der Waals surface area contributed by atoms with E-state index < -0.39 is 0 Å². The van der Waals surface area contributed by atoms with Crippen LogP contribution in [0, 0.1) is 0 Å². The van der Waals surface area contributed by atoms with Gasteiger partial charge in [0.15, 0.2) is 6.04 Å². The summed E-state index contributed by atoms with van der Waals surface area (Å²) in [5, 5.41) is 3.81. The normalized spacial score (nSPS) is 17.2. The lowest BCUT2D eigenvalue weighted by Crippen LogP contribution is -3.19. The minimum atomic E-state index is -0.218. The van der Waals surface area contributed by atoms with Gasteiger partial charge in [-0.05, 0) is 25.1 Å². The summed E-state index contributed by atoms with van der Waals surface area (Å²) in [4.78, 5) is 26.7. The van der Waals surface area contributed by atoms with Gasteiger partial charge in [-0.3, -0.25) is 9.59 Å².